The normalized spacial score (nSPS) is 40.9. The molecule has 7 unspecified atom stereocenters. The molecule has 0 aromatic carbocycles. The van der Waals surface area contributed by atoms with Crippen LogP contribution in [0.4, 0.5) is 0 Å². The number of rotatable bonds is 10. The summed E-state index contributed by atoms with van der Waals surface area (Å²) in [5.74, 6) is 2.95. The van der Waals surface area contributed by atoms with Crippen LogP contribution < -0.4 is 16.0 Å². The number of hydrogen-bond acceptors (Lipinski definition) is 6. The highest BCUT2D eigenvalue weighted by Crippen LogP contribution is 2.46. The van der Waals surface area contributed by atoms with Gasteiger partial charge in [0.2, 0.25) is 11.8 Å². The van der Waals surface area contributed by atoms with Crippen molar-refractivity contribution in [3.8, 4) is 0 Å². The smallest absolute Gasteiger partial charge is 0.225 e. The van der Waals surface area contributed by atoms with Gasteiger partial charge in [-0.2, -0.15) is 0 Å². The lowest BCUT2D eigenvalue weighted by Crippen LogP contribution is -2.56. The molecule has 8 nitrogen and oxygen atoms in total. The van der Waals surface area contributed by atoms with Crippen LogP contribution in [0.3, 0.4) is 0 Å². The van der Waals surface area contributed by atoms with Gasteiger partial charge in [-0.1, -0.05) is 20.8 Å². The van der Waals surface area contributed by atoms with Gasteiger partial charge in [0.1, 0.15) is 0 Å². The quantitative estimate of drug-likeness (QED) is 0.340. The van der Waals surface area contributed by atoms with Crippen LogP contribution in [0.1, 0.15) is 98.3 Å². The van der Waals surface area contributed by atoms with Crippen molar-refractivity contribution in [2.24, 2.45) is 41.4 Å². The molecule has 3 N–H and O–H groups in total. The Morgan fingerprint density at radius 2 is 1.66 bits per heavy atom. The van der Waals surface area contributed by atoms with Gasteiger partial charge in [0, 0.05) is 56.3 Å². The highest BCUT2D eigenvalue weighted by atomic mass is 16.5. The minimum atomic E-state index is -0.128. The summed E-state index contributed by atoms with van der Waals surface area (Å²) in [4.78, 5) is 32.3. The summed E-state index contributed by atoms with van der Waals surface area (Å²) in [5, 5.41) is 9.96. The Hall–Kier alpha value is -1.22. The molecule has 2 heterocycles. The molecule has 0 aromatic heterocycles. The fourth-order valence-electron chi connectivity index (χ4n) is 10.1. The number of carbonyl (C=O) groups excluding carboxylic acids is 2. The number of carbonyl (C=O) groups is 2. The van der Waals surface area contributed by atoms with E-state index in [0.29, 0.717) is 42.4 Å². The third kappa shape index (κ3) is 8.38. The largest absolute Gasteiger partial charge is 0.379 e. The molecule has 3 saturated carbocycles. The van der Waals surface area contributed by atoms with Crippen molar-refractivity contribution >= 4 is 11.8 Å². The second-order valence-corrected chi connectivity index (χ2v) is 15.6. The van der Waals surface area contributed by atoms with Crippen LogP contribution in [0.2, 0.25) is 0 Å². The van der Waals surface area contributed by atoms with Crippen LogP contribution in [0.5, 0.6) is 0 Å². The van der Waals surface area contributed by atoms with Gasteiger partial charge in [0.25, 0.3) is 0 Å². The van der Waals surface area contributed by atoms with Crippen molar-refractivity contribution < 1.29 is 14.3 Å². The fraction of sp³-hybridized carbons (Fsp3) is 0.944. The van der Waals surface area contributed by atoms with Crippen LogP contribution in [0.25, 0.3) is 0 Å². The molecule has 0 aromatic rings. The summed E-state index contributed by atoms with van der Waals surface area (Å²) in [7, 11) is 2.10. The Labute approximate surface area is 268 Å². The molecule has 0 spiro atoms. The molecular formula is C36H65N5O3. The topological polar surface area (TPSA) is 85.9 Å². The molecule has 252 valence electrons. The summed E-state index contributed by atoms with van der Waals surface area (Å²) >= 11 is 0. The molecule has 2 aliphatic heterocycles. The fourth-order valence-corrected chi connectivity index (χ4v) is 10.1. The first kappa shape index (κ1) is 34.1. The molecular weight excluding hydrogens is 550 g/mol. The van der Waals surface area contributed by atoms with Crippen molar-refractivity contribution in [1.29, 1.82) is 0 Å². The Morgan fingerprint density at radius 1 is 0.955 bits per heavy atom. The molecule has 0 bridgehead atoms. The van der Waals surface area contributed by atoms with Crippen LogP contribution in [0.15, 0.2) is 0 Å². The van der Waals surface area contributed by atoms with Gasteiger partial charge in [-0.25, -0.2) is 0 Å². The van der Waals surface area contributed by atoms with Crippen LogP contribution in [-0.4, -0.2) is 98.8 Å². The molecule has 2 saturated heterocycles. The lowest BCUT2D eigenvalue weighted by molar-refractivity contribution is -0.133. The second-order valence-electron chi connectivity index (χ2n) is 15.6. The van der Waals surface area contributed by atoms with E-state index >= 15 is 0 Å². The second kappa shape index (κ2) is 16.1. The van der Waals surface area contributed by atoms with Crippen molar-refractivity contribution in [3.05, 3.63) is 0 Å². The van der Waals surface area contributed by atoms with Gasteiger partial charge >= 0.3 is 0 Å². The SMILES string of the molecule is CCN(C1CCC(NC)CC1)C1CC(C2CCC(CN3CCOCC3)CC2)CC(C(=O)NCC2C(=O)NC(C)CC2C)C1C. The minimum Gasteiger partial charge on any atom is -0.379 e. The van der Waals surface area contributed by atoms with Crippen molar-refractivity contribution in [3.63, 3.8) is 0 Å². The van der Waals surface area contributed by atoms with Gasteiger partial charge in [-0.15, -0.1) is 0 Å². The molecule has 5 aliphatic rings. The van der Waals surface area contributed by atoms with Crippen LogP contribution in [0, 0.1) is 41.4 Å². The predicted molar refractivity (Wildman–Crippen MR) is 177 cm³/mol. The Balaban J connectivity index is 1.25. The summed E-state index contributed by atoms with van der Waals surface area (Å²) in [6, 6.07) is 1.94. The number of ether oxygens (including phenoxy) is 1. The maximum atomic E-state index is 14.1. The highest BCUT2D eigenvalue weighted by Gasteiger charge is 2.45. The third-order valence-electron chi connectivity index (χ3n) is 12.9. The zero-order valence-electron chi connectivity index (χ0n) is 28.7. The van der Waals surface area contributed by atoms with E-state index in [-0.39, 0.29) is 29.7 Å². The average Bonchev–Trinajstić information content (AvgIpc) is 3.03. The number of amides is 2. The molecule has 2 amide bonds. The first-order valence-electron chi connectivity index (χ1n) is 18.6. The Kier molecular flexibility index (Phi) is 12.5. The van der Waals surface area contributed by atoms with Gasteiger partial charge in [-0.05, 0) is 121 Å². The highest BCUT2D eigenvalue weighted by molar-refractivity contribution is 5.83. The van der Waals surface area contributed by atoms with Gasteiger partial charge in [0.05, 0.1) is 19.1 Å². The average molecular weight is 616 g/mol. The Morgan fingerprint density at radius 3 is 2.30 bits per heavy atom. The summed E-state index contributed by atoms with van der Waals surface area (Å²) in [6.45, 7) is 15.7. The first-order chi connectivity index (χ1) is 21.3. The molecule has 8 heteroatoms. The number of nitrogens with one attached hydrogen (secondary N) is 3. The van der Waals surface area contributed by atoms with Crippen LogP contribution in [-0.2, 0) is 14.3 Å². The maximum absolute atomic E-state index is 14.1. The maximum Gasteiger partial charge on any atom is 0.225 e. The Bertz CT molecular complexity index is 911. The van der Waals surface area contributed by atoms with E-state index in [2.05, 4.69) is 60.5 Å². The molecule has 7 atom stereocenters. The van der Waals surface area contributed by atoms with Crippen molar-refractivity contribution in [1.82, 2.24) is 25.8 Å². The third-order valence-corrected chi connectivity index (χ3v) is 12.9. The number of nitrogens with zero attached hydrogens (tertiary/aromatic N) is 2. The van der Waals surface area contributed by atoms with E-state index < -0.39 is 0 Å². The molecule has 3 aliphatic carbocycles. The summed E-state index contributed by atoms with van der Waals surface area (Å²) in [5.41, 5.74) is 0. The standard InChI is InChI=1S/C36H65N5O3/c1-6-41(31-13-11-30(37-5)12-14-31)34-21-29(28-9-7-27(8-10-28)23-40-15-17-44-18-16-40)20-32(26(34)4)35(42)38-22-33-24(2)19-25(3)39-36(33)43/h24-34,37H,6-23H2,1-5H3,(H,38,42)(H,39,43). The molecule has 5 fully saturated rings. The molecule has 5 rings (SSSR count). The molecule has 0 radical (unpaired) electrons. The van der Waals surface area contributed by atoms with E-state index in [1.165, 1.54) is 64.3 Å². The minimum absolute atomic E-state index is 0.0217. The summed E-state index contributed by atoms with van der Waals surface area (Å²) in [6.07, 6.45) is 13.5. The number of morpholine rings is 1. The van der Waals surface area contributed by atoms with E-state index in [9.17, 15) is 9.59 Å². The zero-order valence-corrected chi connectivity index (χ0v) is 28.7. The van der Waals surface area contributed by atoms with Crippen LogP contribution >= 0.6 is 0 Å². The predicted octanol–water partition coefficient (Wildman–Crippen LogP) is 4.29. The van der Waals surface area contributed by atoms with Crippen molar-refractivity contribution in [2.75, 3.05) is 53.0 Å². The van der Waals surface area contributed by atoms with Gasteiger partial charge < -0.3 is 20.7 Å². The summed E-state index contributed by atoms with van der Waals surface area (Å²) < 4.78 is 5.58. The zero-order chi connectivity index (χ0) is 31.2. The van der Waals surface area contributed by atoms with E-state index in [0.717, 1.165) is 57.5 Å². The lowest BCUT2D eigenvalue weighted by atomic mass is 9.63. The molecule has 44 heavy (non-hydrogen) atoms. The van der Waals surface area contributed by atoms with E-state index in [1.807, 2.05) is 0 Å². The number of hydrogen-bond donors (Lipinski definition) is 3. The van der Waals surface area contributed by atoms with Crippen molar-refractivity contribution in [2.45, 2.75) is 122 Å². The van der Waals surface area contributed by atoms with E-state index in [4.69, 9.17) is 4.74 Å². The number of piperidine rings is 1. The van der Waals surface area contributed by atoms with Gasteiger partial charge in [-0.3, -0.25) is 19.4 Å². The van der Waals surface area contributed by atoms with E-state index in [1.54, 1.807) is 0 Å². The lowest BCUT2D eigenvalue weighted by Gasteiger charge is -2.50. The van der Waals surface area contributed by atoms with Gasteiger partial charge in [0.15, 0.2) is 0 Å². The first-order valence-corrected chi connectivity index (χ1v) is 18.6. The monoisotopic (exact) mass is 616 g/mol.